The maximum Gasteiger partial charge on any atom is 0.227 e. The molecule has 0 saturated carbocycles. The number of benzene rings is 2. The maximum atomic E-state index is 12.7. The van der Waals surface area contributed by atoms with Crippen molar-refractivity contribution < 1.29 is 14.3 Å². The SMILES string of the molecule is O=C(CCC(=O)N1CCOc2ccc(Cl)cc21)NCCCN1CCN(Cc2ccccc2)CC1. The molecule has 34 heavy (non-hydrogen) atoms. The van der Waals surface area contributed by atoms with E-state index in [-0.39, 0.29) is 24.7 Å². The molecule has 2 aliphatic rings. The standard InChI is InChI=1S/C26H33ClN4O3/c27-22-7-8-24-23(19-22)31(17-18-34-24)26(33)10-9-25(32)28-11-4-12-29-13-15-30(16-14-29)20-21-5-2-1-3-6-21/h1-3,5-8,19H,4,9-18,20H2,(H,28,32). The van der Waals surface area contributed by atoms with Gasteiger partial charge in [0, 0.05) is 57.1 Å². The number of hydrogen-bond acceptors (Lipinski definition) is 5. The van der Waals surface area contributed by atoms with E-state index < -0.39 is 0 Å². The molecule has 0 radical (unpaired) electrons. The van der Waals surface area contributed by atoms with Crippen LogP contribution >= 0.6 is 11.6 Å². The summed E-state index contributed by atoms with van der Waals surface area (Å²) in [6.45, 7) is 7.77. The molecule has 2 heterocycles. The molecule has 8 heteroatoms. The van der Waals surface area contributed by atoms with Gasteiger partial charge in [0.1, 0.15) is 12.4 Å². The van der Waals surface area contributed by atoms with Gasteiger partial charge in [0.15, 0.2) is 0 Å². The van der Waals surface area contributed by atoms with Crippen LogP contribution in [0.4, 0.5) is 5.69 Å². The molecule has 182 valence electrons. The summed E-state index contributed by atoms with van der Waals surface area (Å²) < 4.78 is 5.59. The van der Waals surface area contributed by atoms with E-state index >= 15 is 0 Å². The molecule has 7 nitrogen and oxygen atoms in total. The van der Waals surface area contributed by atoms with Crippen molar-refractivity contribution in [3.63, 3.8) is 0 Å². The number of amides is 2. The second kappa shape index (κ2) is 12.2. The summed E-state index contributed by atoms with van der Waals surface area (Å²) in [4.78, 5) is 31.6. The quantitative estimate of drug-likeness (QED) is 0.554. The van der Waals surface area contributed by atoms with Crippen molar-refractivity contribution in [1.29, 1.82) is 0 Å². The van der Waals surface area contributed by atoms with Crippen LogP contribution in [0.5, 0.6) is 5.75 Å². The third-order valence-electron chi connectivity index (χ3n) is 6.34. The van der Waals surface area contributed by atoms with Crippen LogP contribution in [-0.2, 0) is 16.1 Å². The van der Waals surface area contributed by atoms with Crippen LogP contribution in [0, 0.1) is 0 Å². The Morgan fingerprint density at radius 2 is 1.71 bits per heavy atom. The van der Waals surface area contributed by atoms with Crippen LogP contribution in [0.15, 0.2) is 48.5 Å². The van der Waals surface area contributed by atoms with Gasteiger partial charge in [-0.25, -0.2) is 0 Å². The van der Waals surface area contributed by atoms with Gasteiger partial charge in [0.2, 0.25) is 11.8 Å². The van der Waals surface area contributed by atoms with Crippen LogP contribution in [0.25, 0.3) is 0 Å². The van der Waals surface area contributed by atoms with E-state index in [1.54, 1.807) is 23.1 Å². The summed E-state index contributed by atoms with van der Waals surface area (Å²) in [6.07, 6.45) is 1.26. The molecule has 1 N–H and O–H groups in total. The van der Waals surface area contributed by atoms with Gasteiger partial charge in [-0.05, 0) is 36.7 Å². The third kappa shape index (κ3) is 6.95. The monoisotopic (exact) mass is 484 g/mol. The largest absolute Gasteiger partial charge is 0.490 e. The zero-order chi connectivity index (χ0) is 23.8. The van der Waals surface area contributed by atoms with E-state index in [0.29, 0.717) is 36.2 Å². The van der Waals surface area contributed by atoms with Crippen molar-refractivity contribution in [3.8, 4) is 5.75 Å². The minimum atomic E-state index is -0.0876. The number of halogens is 1. The van der Waals surface area contributed by atoms with Crippen LogP contribution in [0.2, 0.25) is 5.02 Å². The number of carbonyl (C=O) groups is 2. The van der Waals surface area contributed by atoms with Crippen LogP contribution in [-0.4, -0.2) is 74.0 Å². The Bertz CT molecular complexity index is 964. The summed E-state index contributed by atoms with van der Waals surface area (Å²) in [6, 6.07) is 15.8. The second-order valence-electron chi connectivity index (χ2n) is 8.81. The Hall–Kier alpha value is -2.61. The normalized spacial score (nSPS) is 16.6. The Balaban J connectivity index is 1.09. The number of nitrogens with one attached hydrogen (secondary N) is 1. The molecule has 0 unspecified atom stereocenters. The summed E-state index contributed by atoms with van der Waals surface area (Å²) in [7, 11) is 0. The minimum Gasteiger partial charge on any atom is -0.490 e. The number of fused-ring (bicyclic) bond motifs is 1. The Morgan fingerprint density at radius 3 is 2.50 bits per heavy atom. The van der Waals surface area contributed by atoms with Gasteiger partial charge in [-0.1, -0.05) is 41.9 Å². The average Bonchev–Trinajstić information content (AvgIpc) is 2.86. The molecule has 2 aliphatic heterocycles. The zero-order valence-electron chi connectivity index (χ0n) is 19.5. The summed E-state index contributed by atoms with van der Waals surface area (Å²) >= 11 is 6.08. The highest BCUT2D eigenvalue weighted by molar-refractivity contribution is 6.31. The lowest BCUT2D eigenvalue weighted by Gasteiger charge is -2.34. The van der Waals surface area contributed by atoms with Gasteiger partial charge in [-0.15, -0.1) is 0 Å². The van der Waals surface area contributed by atoms with Gasteiger partial charge in [-0.2, -0.15) is 0 Å². The first-order chi connectivity index (χ1) is 16.6. The number of anilines is 1. The third-order valence-corrected chi connectivity index (χ3v) is 6.57. The number of hydrogen-bond donors (Lipinski definition) is 1. The fourth-order valence-electron chi connectivity index (χ4n) is 4.44. The van der Waals surface area contributed by atoms with Crippen molar-refractivity contribution in [1.82, 2.24) is 15.1 Å². The van der Waals surface area contributed by atoms with Crippen molar-refractivity contribution in [2.24, 2.45) is 0 Å². The molecule has 0 aromatic heterocycles. The van der Waals surface area contributed by atoms with Gasteiger partial charge < -0.3 is 19.9 Å². The second-order valence-corrected chi connectivity index (χ2v) is 9.25. The highest BCUT2D eigenvalue weighted by atomic mass is 35.5. The van der Waals surface area contributed by atoms with E-state index in [1.807, 2.05) is 0 Å². The molecule has 1 saturated heterocycles. The Morgan fingerprint density at radius 1 is 0.941 bits per heavy atom. The first-order valence-corrected chi connectivity index (χ1v) is 12.4. The maximum absolute atomic E-state index is 12.7. The molecule has 2 amide bonds. The number of nitrogens with zero attached hydrogens (tertiary/aromatic N) is 3. The molecule has 4 rings (SSSR count). The molecule has 1 fully saturated rings. The Labute approximate surface area is 206 Å². The average molecular weight is 485 g/mol. The van der Waals surface area contributed by atoms with E-state index in [2.05, 4.69) is 45.4 Å². The van der Waals surface area contributed by atoms with E-state index in [1.165, 1.54) is 5.56 Å². The minimum absolute atomic E-state index is 0.0828. The predicted molar refractivity (Wildman–Crippen MR) is 134 cm³/mol. The predicted octanol–water partition coefficient (Wildman–Crippen LogP) is 3.17. The van der Waals surface area contributed by atoms with Crippen LogP contribution in [0.1, 0.15) is 24.8 Å². The lowest BCUT2D eigenvalue weighted by molar-refractivity contribution is -0.125. The molecule has 0 bridgehead atoms. The molecule has 0 spiro atoms. The lowest BCUT2D eigenvalue weighted by atomic mass is 10.2. The molecule has 0 aliphatic carbocycles. The molecular formula is C26H33ClN4O3. The summed E-state index contributed by atoms with van der Waals surface area (Å²) in [5.74, 6) is 0.477. The first kappa shape index (κ1) is 24.5. The van der Waals surface area contributed by atoms with Crippen molar-refractivity contribution in [3.05, 3.63) is 59.1 Å². The van der Waals surface area contributed by atoms with Gasteiger partial charge in [0.25, 0.3) is 0 Å². The van der Waals surface area contributed by atoms with Gasteiger partial charge in [0.05, 0.1) is 12.2 Å². The number of carbonyl (C=O) groups excluding carboxylic acids is 2. The van der Waals surface area contributed by atoms with Gasteiger partial charge in [-0.3, -0.25) is 14.5 Å². The molecule has 2 aromatic carbocycles. The van der Waals surface area contributed by atoms with Crippen molar-refractivity contribution >= 4 is 29.1 Å². The number of ether oxygens (including phenoxy) is 1. The summed E-state index contributed by atoms with van der Waals surface area (Å²) in [5, 5.41) is 3.51. The van der Waals surface area contributed by atoms with E-state index in [4.69, 9.17) is 16.3 Å². The number of rotatable bonds is 9. The van der Waals surface area contributed by atoms with Crippen LogP contribution < -0.4 is 15.0 Å². The smallest absolute Gasteiger partial charge is 0.227 e. The van der Waals surface area contributed by atoms with Crippen molar-refractivity contribution in [2.75, 3.05) is 57.3 Å². The molecular weight excluding hydrogens is 452 g/mol. The highest BCUT2D eigenvalue weighted by Crippen LogP contribution is 2.34. The summed E-state index contributed by atoms with van der Waals surface area (Å²) in [5.41, 5.74) is 2.03. The van der Waals surface area contributed by atoms with Crippen molar-refractivity contribution in [2.45, 2.75) is 25.8 Å². The molecule has 2 aromatic rings. The van der Waals surface area contributed by atoms with E-state index in [0.717, 1.165) is 45.7 Å². The highest BCUT2D eigenvalue weighted by Gasteiger charge is 2.24. The molecule has 0 atom stereocenters. The fourth-order valence-corrected chi connectivity index (χ4v) is 4.60. The van der Waals surface area contributed by atoms with Crippen LogP contribution in [0.3, 0.4) is 0 Å². The lowest BCUT2D eigenvalue weighted by Crippen LogP contribution is -2.46. The Kier molecular flexibility index (Phi) is 8.79. The fraction of sp³-hybridized carbons (Fsp3) is 0.462. The van der Waals surface area contributed by atoms with Gasteiger partial charge >= 0.3 is 0 Å². The zero-order valence-corrected chi connectivity index (χ0v) is 20.3. The number of piperazine rings is 1. The topological polar surface area (TPSA) is 65.1 Å². The van der Waals surface area contributed by atoms with E-state index in [9.17, 15) is 9.59 Å². The first-order valence-electron chi connectivity index (χ1n) is 12.1.